The fourth-order valence-corrected chi connectivity index (χ4v) is 3.47. The molecule has 3 N–H and O–H groups in total. The minimum absolute atomic E-state index is 0.0528. The van der Waals surface area contributed by atoms with Gasteiger partial charge in [-0.1, -0.05) is 0 Å². The van der Waals surface area contributed by atoms with Gasteiger partial charge in [-0.2, -0.15) is 0 Å². The monoisotopic (exact) mass is 469 g/mol. The molecule has 1 fully saturated rings. The van der Waals surface area contributed by atoms with Crippen molar-refractivity contribution in [3.8, 4) is 11.5 Å². The summed E-state index contributed by atoms with van der Waals surface area (Å²) in [6.45, 7) is 3.05. The van der Waals surface area contributed by atoms with E-state index in [1.165, 1.54) is 14.0 Å². The van der Waals surface area contributed by atoms with Gasteiger partial charge in [0.05, 0.1) is 19.8 Å². The zero-order valence-corrected chi connectivity index (χ0v) is 19.5. The summed E-state index contributed by atoms with van der Waals surface area (Å²) in [6.07, 6.45) is 2.86. The lowest BCUT2D eigenvalue weighted by atomic mass is 10.1. The Hall–Kier alpha value is -3.59. The number of nitrogens with one attached hydrogen (secondary N) is 3. The van der Waals surface area contributed by atoms with E-state index in [-0.39, 0.29) is 30.2 Å². The third-order valence-electron chi connectivity index (χ3n) is 5.32. The van der Waals surface area contributed by atoms with Crippen LogP contribution in [-0.2, 0) is 9.53 Å². The minimum atomic E-state index is -0.292. The molecule has 182 valence electrons. The van der Waals surface area contributed by atoms with Crippen molar-refractivity contribution in [3.05, 3.63) is 48.0 Å². The number of Topliss-reactive ketones (excluding diaryl/α,β-unsaturated/α-hetero) is 1. The molecule has 34 heavy (non-hydrogen) atoms. The molecule has 0 saturated carbocycles. The van der Waals surface area contributed by atoms with Crippen LogP contribution in [0, 0.1) is 0 Å². The molecule has 9 nitrogen and oxygen atoms in total. The Bertz CT molecular complexity index is 987. The summed E-state index contributed by atoms with van der Waals surface area (Å²) >= 11 is 0. The maximum Gasteiger partial charge on any atom is 0.319 e. The highest BCUT2D eigenvalue weighted by Gasteiger charge is 2.16. The quantitative estimate of drug-likeness (QED) is 0.339. The van der Waals surface area contributed by atoms with Gasteiger partial charge in [-0.3, -0.25) is 9.59 Å². The summed E-state index contributed by atoms with van der Waals surface area (Å²) in [5.74, 6) is 0.808. The molecule has 9 heteroatoms. The van der Waals surface area contributed by atoms with Gasteiger partial charge in [0.1, 0.15) is 0 Å². The van der Waals surface area contributed by atoms with Gasteiger partial charge in [-0.15, -0.1) is 0 Å². The second kappa shape index (κ2) is 12.6. The van der Waals surface area contributed by atoms with E-state index in [4.69, 9.17) is 14.2 Å². The SMILES string of the molecule is COc1cc(C(C)=O)ccc1OCCCC(=O)Nc1ccc(NC(=O)NCC2CCCO2)cc1. The number of carbonyl (C=O) groups excluding carboxylic acids is 3. The molecule has 1 unspecified atom stereocenters. The van der Waals surface area contributed by atoms with E-state index in [2.05, 4.69) is 16.0 Å². The lowest BCUT2D eigenvalue weighted by Crippen LogP contribution is -2.35. The molecule has 2 aromatic rings. The van der Waals surface area contributed by atoms with E-state index < -0.39 is 0 Å². The third-order valence-corrected chi connectivity index (χ3v) is 5.32. The number of ether oxygens (including phenoxy) is 3. The molecule has 2 aromatic carbocycles. The maximum absolute atomic E-state index is 12.2. The first-order valence-corrected chi connectivity index (χ1v) is 11.3. The zero-order valence-electron chi connectivity index (χ0n) is 19.5. The van der Waals surface area contributed by atoms with Crippen molar-refractivity contribution in [1.82, 2.24) is 5.32 Å². The molecule has 1 aliphatic rings. The number of hydrogen-bond donors (Lipinski definition) is 3. The summed E-state index contributed by atoms with van der Waals surface area (Å²) in [6, 6.07) is 11.6. The van der Waals surface area contributed by atoms with E-state index in [1.54, 1.807) is 42.5 Å². The molecule has 0 radical (unpaired) electrons. The van der Waals surface area contributed by atoms with Crippen LogP contribution in [0.4, 0.5) is 16.2 Å². The Morgan fingerprint density at radius 1 is 1.03 bits per heavy atom. The predicted octanol–water partition coefficient (Wildman–Crippen LogP) is 4.00. The van der Waals surface area contributed by atoms with Gasteiger partial charge < -0.3 is 30.2 Å². The average molecular weight is 470 g/mol. The summed E-state index contributed by atoms with van der Waals surface area (Å²) < 4.78 is 16.4. The molecule has 0 spiro atoms. The van der Waals surface area contributed by atoms with Gasteiger partial charge in [-0.25, -0.2) is 4.79 Å². The van der Waals surface area contributed by atoms with Crippen LogP contribution in [0.25, 0.3) is 0 Å². The smallest absolute Gasteiger partial charge is 0.319 e. The molecule has 1 heterocycles. The largest absolute Gasteiger partial charge is 0.493 e. The van der Waals surface area contributed by atoms with Crippen LogP contribution in [0.3, 0.4) is 0 Å². The van der Waals surface area contributed by atoms with Gasteiger partial charge in [0.25, 0.3) is 0 Å². The predicted molar refractivity (Wildman–Crippen MR) is 129 cm³/mol. The van der Waals surface area contributed by atoms with Crippen LogP contribution >= 0.6 is 0 Å². The molecule has 1 atom stereocenters. The van der Waals surface area contributed by atoms with E-state index in [9.17, 15) is 14.4 Å². The van der Waals surface area contributed by atoms with E-state index in [0.29, 0.717) is 48.0 Å². The van der Waals surface area contributed by atoms with Gasteiger partial charge in [-0.05, 0) is 68.7 Å². The second-order valence-corrected chi connectivity index (χ2v) is 7.97. The molecule has 3 rings (SSSR count). The fraction of sp³-hybridized carbons (Fsp3) is 0.400. The molecule has 0 bridgehead atoms. The topological polar surface area (TPSA) is 115 Å². The van der Waals surface area contributed by atoms with E-state index >= 15 is 0 Å². The van der Waals surface area contributed by atoms with Gasteiger partial charge in [0, 0.05) is 36.5 Å². The Labute approximate surface area is 199 Å². The number of anilines is 2. The summed E-state index contributed by atoms with van der Waals surface area (Å²) in [7, 11) is 1.51. The summed E-state index contributed by atoms with van der Waals surface area (Å²) in [4.78, 5) is 35.7. The molecule has 0 aromatic heterocycles. The number of hydrogen-bond acceptors (Lipinski definition) is 6. The lowest BCUT2D eigenvalue weighted by molar-refractivity contribution is -0.116. The van der Waals surface area contributed by atoms with E-state index in [0.717, 1.165) is 19.4 Å². The number of amides is 3. The van der Waals surface area contributed by atoms with Crippen LogP contribution in [0.15, 0.2) is 42.5 Å². The average Bonchev–Trinajstić information content (AvgIpc) is 3.35. The zero-order chi connectivity index (χ0) is 24.3. The molecule has 3 amide bonds. The first kappa shape index (κ1) is 25.0. The van der Waals surface area contributed by atoms with Crippen LogP contribution in [0.5, 0.6) is 11.5 Å². The summed E-state index contributed by atoms with van der Waals surface area (Å²) in [5, 5.41) is 8.38. The van der Waals surface area contributed by atoms with Gasteiger partial charge >= 0.3 is 6.03 Å². The third kappa shape index (κ3) is 7.77. The lowest BCUT2D eigenvalue weighted by Gasteiger charge is -2.12. The highest BCUT2D eigenvalue weighted by atomic mass is 16.5. The van der Waals surface area contributed by atoms with Crippen LogP contribution < -0.4 is 25.4 Å². The number of ketones is 1. The Morgan fingerprint density at radius 2 is 1.76 bits per heavy atom. The van der Waals surface area contributed by atoms with Crippen LogP contribution in [0.1, 0.15) is 43.0 Å². The van der Waals surface area contributed by atoms with Crippen molar-refractivity contribution in [2.24, 2.45) is 0 Å². The van der Waals surface area contributed by atoms with Crippen molar-refractivity contribution in [2.75, 3.05) is 37.5 Å². The number of urea groups is 1. The minimum Gasteiger partial charge on any atom is -0.493 e. The van der Waals surface area contributed by atoms with Gasteiger partial charge in [0.2, 0.25) is 5.91 Å². The fourth-order valence-electron chi connectivity index (χ4n) is 3.47. The Balaban J connectivity index is 1.36. The normalized spacial score (nSPS) is 14.8. The summed E-state index contributed by atoms with van der Waals surface area (Å²) in [5.41, 5.74) is 1.81. The van der Waals surface area contributed by atoms with Crippen molar-refractivity contribution in [3.63, 3.8) is 0 Å². The first-order chi connectivity index (χ1) is 16.4. The van der Waals surface area contributed by atoms with Crippen molar-refractivity contribution >= 4 is 29.1 Å². The first-order valence-electron chi connectivity index (χ1n) is 11.3. The molecule has 1 aliphatic heterocycles. The maximum atomic E-state index is 12.2. The molecular weight excluding hydrogens is 438 g/mol. The second-order valence-electron chi connectivity index (χ2n) is 7.97. The highest BCUT2D eigenvalue weighted by Crippen LogP contribution is 2.28. The van der Waals surface area contributed by atoms with Gasteiger partial charge in [0.15, 0.2) is 17.3 Å². The van der Waals surface area contributed by atoms with Crippen molar-refractivity contribution < 1.29 is 28.6 Å². The van der Waals surface area contributed by atoms with Crippen LogP contribution in [-0.4, -0.2) is 50.7 Å². The van der Waals surface area contributed by atoms with E-state index in [1.807, 2.05) is 0 Å². The Kier molecular flexibility index (Phi) is 9.28. The molecular formula is C25H31N3O6. The number of benzene rings is 2. The molecule has 0 aliphatic carbocycles. The number of methoxy groups -OCH3 is 1. The number of carbonyl (C=O) groups is 3. The standard InChI is InChI=1S/C25H31N3O6/c1-17(29)18-7-12-22(23(15-18)32-2)34-14-4-6-24(30)27-19-8-10-20(11-9-19)28-25(31)26-16-21-5-3-13-33-21/h7-12,15,21H,3-6,13-14,16H2,1-2H3,(H,27,30)(H2,26,28,31). The molecule has 1 saturated heterocycles. The highest BCUT2D eigenvalue weighted by molar-refractivity contribution is 5.94. The Morgan fingerprint density at radius 3 is 2.41 bits per heavy atom. The van der Waals surface area contributed by atoms with Crippen molar-refractivity contribution in [2.45, 2.75) is 38.7 Å². The number of rotatable bonds is 11. The van der Waals surface area contributed by atoms with Crippen molar-refractivity contribution in [1.29, 1.82) is 0 Å². The van der Waals surface area contributed by atoms with Crippen LogP contribution in [0.2, 0.25) is 0 Å².